The SMILES string of the molecule is CCOC(=O)c1ccc2c(c1)sc(=NC(=O)c1ccccc1SC)n2C. The lowest BCUT2D eigenvalue weighted by atomic mass is 10.2. The lowest BCUT2D eigenvalue weighted by Crippen LogP contribution is -2.13. The summed E-state index contributed by atoms with van der Waals surface area (Å²) in [5, 5.41) is 0. The third kappa shape index (κ3) is 3.59. The predicted molar refractivity (Wildman–Crippen MR) is 105 cm³/mol. The van der Waals surface area contributed by atoms with Crippen LogP contribution in [0.3, 0.4) is 0 Å². The number of hydrogen-bond donors (Lipinski definition) is 0. The van der Waals surface area contributed by atoms with Gasteiger partial charge in [0.1, 0.15) is 0 Å². The van der Waals surface area contributed by atoms with Crippen LogP contribution in [-0.4, -0.2) is 29.3 Å². The lowest BCUT2D eigenvalue weighted by molar-refractivity contribution is 0.0526. The molecule has 0 N–H and O–H groups in total. The van der Waals surface area contributed by atoms with Crippen LogP contribution in [0.25, 0.3) is 10.2 Å². The van der Waals surface area contributed by atoms with E-state index in [1.165, 1.54) is 23.1 Å². The number of fused-ring (bicyclic) bond motifs is 1. The topological polar surface area (TPSA) is 60.7 Å². The van der Waals surface area contributed by atoms with E-state index < -0.39 is 0 Å². The number of hydrogen-bond acceptors (Lipinski definition) is 5. The molecule has 0 bridgehead atoms. The predicted octanol–water partition coefficient (Wildman–Crippen LogP) is 3.88. The van der Waals surface area contributed by atoms with Gasteiger partial charge in [0.05, 0.1) is 28.0 Å². The van der Waals surface area contributed by atoms with Crippen molar-refractivity contribution >= 4 is 45.2 Å². The average Bonchev–Trinajstić information content (AvgIpc) is 2.96. The van der Waals surface area contributed by atoms with Crippen molar-refractivity contribution in [1.29, 1.82) is 0 Å². The number of rotatable bonds is 4. The summed E-state index contributed by atoms with van der Waals surface area (Å²) in [5.41, 5.74) is 1.99. The van der Waals surface area contributed by atoms with Gasteiger partial charge in [-0.05, 0) is 43.5 Å². The Balaban J connectivity index is 2.05. The minimum atomic E-state index is -0.353. The maximum Gasteiger partial charge on any atom is 0.338 e. The number of thiazole rings is 1. The first-order valence-corrected chi connectivity index (χ1v) is 10.1. The van der Waals surface area contributed by atoms with Crippen LogP contribution < -0.4 is 4.80 Å². The van der Waals surface area contributed by atoms with Gasteiger partial charge in [-0.2, -0.15) is 4.99 Å². The monoisotopic (exact) mass is 386 g/mol. The second kappa shape index (κ2) is 7.88. The maximum absolute atomic E-state index is 12.6. The Morgan fingerprint density at radius 2 is 2.00 bits per heavy atom. The Morgan fingerprint density at radius 1 is 1.23 bits per heavy atom. The fourth-order valence-corrected chi connectivity index (χ4v) is 4.20. The summed E-state index contributed by atoms with van der Waals surface area (Å²) in [6, 6.07) is 12.8. The van der Waals surface area contributed by atoms with Crippen molar-refractivity contribution in [3.63, 3.8) is 0 Å². The van der Waals surface area contributed by atoms with Crippen molar-refractivity contribution < 1.29 is 14.3 Å². The molecule has 0 radical (unpaired) electrons. The van der Waals surface area contributed by atoms with E-state index in [4.69, 9.17) is 4.74 Å². The molecule has 0 aliphatic rings. The first-order valence-electron chi connectivity index (χ1n) is 8.04. The highest BCUT2D eigenvalue weighted by molar-refractivity contribution is 7.98. The van der Waals surface area contributed by atoms with E-state index in [9.17, 15) is 9.59 Å². The normalized spacial score (nSPS) is 11.7. The quantitative estimate of drug-likeness (QED) is 0.504. The molecular formula is C19H18N2O3S2. The lowest BCUT2D eigenvalue weighted by Gasteiger charge is -2.02. The Morgan fingerprint density at radius 3 is 2.73 bits per heavy atom. The number of aromatic nitrogens is 1. The molecule has 0 aliphatic carbocycles. The molecular weight excluding hydrogens is 368 g/mol. The highest BCUT2D eigenvalue weighted by atomic mass is 32.2. The summed E-state index contributed by atoms with van der Waals surface area (Å²) in [7, 11) is 1.86. The van der Waals surface area contributed by atoms with E-state index in [1.54, 1.807) is 25.1 Å². The maximum atomic E-state index is 12.6. The van der Waals surface area contributed by atoms with Gasteiger partial charge in [0.15, 0.2) is 4.80 Å². The number of carbonyl (C=O) groups excluding carboxylic acids is 2. The minimum Gasteiger partial charge on any atom is -0.462 e. The van der Waals surface area contributed by atoms with Crippen molar-refractivity contribution in [3.05, 3.63) is 58.4 Å². The van der Waals surface area contributed by atoms with Crippen LogP contribution in [0.1, 0.15) is 27.6 Å². The van der Waals surface area contributed by atoms with Gasteiger partial charge in [0, 0.05) is 11.9 Å². The molecule has 2 aromatic carbocycles. The number of thioether (sulfide) groups is 1. The molecule has 134 valence electrons. The van der Waals surface area contributed by atoms with Crippen LogP contribution in [0.15, 0.2) is 52.4 Å². The second-order valence-electron chi connectivity index (χ2n) is 5.46. The van der Waals surface area contributed by atoms with Crippen LogP contribution in [0.5, 0.6) is 0 Å². The summed E-state index contributed by atoms with van der Waals surface area (Å²) < 4.78 is 7.77. The van der Waals surface area contributed by atoms with Crippen LogP contribution >= 0.6 is 23.1 Å². The van der Waals surface area contributed by atoms with E-state index in [2.05, 4.69) is 4.99 Å². The second-order valence-corrected chi connectivity index (χ2v) is 7.32. The molecule has 7 heteroatoms. The van der Waals surface area contributed by atoms with Crippen LogP contribution in [-0.2, 0) is 11.8 Å². The van der Waals surface area contributed by atoms with E-state index in [0.717, 1.165) is 15.1 Å². The molecule has 0 fully saturated rings. The summed E-state index contributed by atoms with van der Waals surface area (Å²) >= 11 is 2.89. The summed E-state index contributed by atoms with van der Waals surface area (Å²) in [5.74, 6) is -0.628. The average molecular weight is 386 g/mol. The summed E-state index contributed by atoms with van der Waals surface area (Å²) in [6.07, 6.45) is 1.93. The molecule has 1 aromatic heterocycles. The molecule has 26 heavy (non-hydrogen) atoms. The van der Waals surface area contributed by atoms with E-state index in [-0.39, 0.29) is 11.9 Å². The summed E-state index contributed by atoms with van der Waals surface area (Å²) in [4.78, 5) is 30.3. The molecule has 0 aliphatic heterocycles. The first kappa shape index (κ1) is 18.4. The van der Waals surface area contributed by atoms with E-state index >= 15 is 0 Å². The third-order valence-electron chi connectivity index (χ3n) is 3.86. The molecule has 3 rings (SSSR count). The van der Waals surface area contributed by atoms with Gasteiger partial charge in [-0.1, -0.05) is 23.5 Å². The number of esters is 1. The van der Waals surface area contributed by atoms with Gasteiger partial charge in [-0.15, -0.1) is 11.8 Å². The molecule has 0 atom stereocenters. The van der Waals surface area contributed by atoms with Crippen molar-refractivity contribution in [2.45, 2.75) is 11.8 Å². The number of amides is 1. The molecule has 1 heterocycles. The highest BCUT2D eigenvalue weighted by Gasteiger charge is 2.13. The smallest absolute Gasteiger partial charge is 0.338 e. The molecule has 0 spiro atoms. The molecule has 0 saturated heterocycles. The van der Waals surface area contributed by atoms with Gasteiger partial charge in [0.2, 0.25) is 0 Å². The van der Waals surface area contributed by atoms with Crippen LogP contribution in [0.2, 0.25) is 0 Å². The molecule has 3 aromatic rings. The molecule has 0 saturated carbocycles. The molecule has 0 unspecified atom stereocenters. The number of aryl methyl sites for hydroxylation is 1. The van der Waals surface area contributed by atoms with Gasteiger partial charge in [-0.3, -0.25) is 4.79 Å². The van der Waals surface area contributed by atoms with Crippen molar-refractivity contribution in [2.75, 3.05) is 12.9 Å². The van der Waals surface area contributed by atoms with Crippen LogP contribution in [0.4, 0.5) is 0 Å². The Labute approximate surface area is 159 Å². The summed E-state index contributed by atoms with van der Waals surface area (Å²) in [6.45, 7) is 2.11. The van der Waals surface area contributed by atoms with E-state index in [0.29, 0.717) is 22.5 Å². The standard InChI is InChI=1S/C19H18N2O3S2/c1-4-24-18(23)12-9-10-14-16(11-12)26-19(21(14)2)20-17(22)13-7-5-6-8-15(13)25-3/h5-11H,4H2,1-3H3. The number of benzene rings is 2. The van der Waals surface area contributed by atoms with Gasteiger partial charge >= 0.3 is 5.97 Å². The zero-order chi connectivity index (χ0) is 18.7. The third-order valence-corrected chi connectivity index (χ3v) is 5.75. The zero-order valence-corrected chi connectivity index (χ0v) is 16.3. The zero-order valence-electron chi connectivity index (χ0n) is 14.7. The first-order chi connectivity index (χ1) is 12.5. The fraction of sp³-hybridized carbons (Fsp3) is 0.211. The van der Waals surface area contributed by atoms with Crippen molar-refractivity contribution in [1.82, 2.24) is 4.57 Å². The number of carbonyl (C=O) groups is 2. The van der Waals surface area contributed by atoms with Gasteiger partial charge in [0.25, 0.3) is 5.91 Å². The highest BCUT2D eigenvalue weighted by Crippen LogP contribution is 2.22. The van der Waals surface area contributed by atoms with Crippen molar-refractivity contribution in [3.8, 4) is 0 Å². The number of nitrogens with zero attached hydrogens (tertiary/aromatic N) is 2. The van der Waals surface area contributed by atoms with Gasteiger partial charge < -0.3 is 9.30 Å². The van der Waals surface area contributed by atoms with E-state index in [1.807, 2.05) is 42.1 Å². The Kier molecular flexibility index (Phi) is 5.58. The Bertz CT molecular complexity index is 1050. The minimum absolute atomic E-state index is 0.275. The fourth-order valence-electron chi connectivity index (χ4n) is 2.55. The Hall–Kier alpha value is -2.38. The van der Waals surface area contributed by atoms with Crippen molar-refractivity contribution in [2.24, 2.45) is 12.0 Å². The largest absolute Gasteiger partial charge is 0.462 e. The molecule has 1 amide bonds. The number of ether oxygens (including phenoxy) is 1. The molecule has 5 nitrogen and oxygen atoms in total. The van der Waals surface area contributed by atoms with Crippen LogP contribution in [0, 0.1) is 0 Å². The van der Waals surface area contributed by atoms with Gasteiger partial charge in [-0.25, -0.2) is 4.79 Å².